The Morgan fingerprint density at radius 2 is 2.25 bits per heavy atom. The molecule has 0 bridgehead atoms. The molecule has 0 spiro atoms. The molecular weight excluding hydrogens is 252 g/mol. The van der Waals surface area contributed by atoms with Gasteiger partial charge in [0.05, 0.1) is 12.8 Å². The number of aromatic amines is 1. The van der Waals surface area contributed by atoms with Gasteiger partial charge in [-0.25, -0.2) is 0 Å². The molecule has 0 radical (unpaired) electrons. The van der Waals surface area contributed by atoms with Crippen molar-refractivity contribution < 1.29 is 4.74 Å². The molecule has 1 fully saturated rings. The number of nitrogens with two attached hydrogens (primary N) is 1. The van der Waals surface area contributed by atoms with E-state index in [-0.39, 0.29) is 6.04 Å². The second-order valence-corrected chi connectivity index (χ2v) is 5.34. The minimum atomic E-state index is 0.253. The van der Waals surface area contributed by atoms with E-state index in [1.165, 1.54) is 5.56 Å². The van der Waals surface area contributed by atoms with Crippen LogP contribution in [0, 0.1) is 6.92 Å². The van der Waals surface area contributed by atoms with Crippen LogP contribution in [0.3, 0.4) is 0 Å². The van der Waals surface area contributed by atoms with E-state index in [0.717, 1.165) is 42.3 Å². The van der Waals surface area contributed by atoms with E-state index in [9.17, 15) is 0 Å². The Morgan fingerprint density at radius 1 is 1.40 bits per heavy atom. The summed E-state index contributed by atoms with van der Waals surface area (Å²) in [5.74, 6) is 1.81. The van der Waals surface area contributed by atoms with Gasteiger partial charge in [-0.05, 0) is 25.5 Å². The van der Waals surface area contributed by atoms with Crippen LogP contribution in [0.4, 0.5) is 5.82 Å². The smallest absolute Gasteiger partial charge is 0.151 e. The fourth-order valence-corrected chi connectivity index (χ4v) is 2.64. The number of rotatable bonds is 3. The molecule has 2 aromatic rings. The van der Waals surface area contributed by atoms with Crippen LogP contribution in [0.1, 0.15) is 12.0 Å². The van der Waals surface area contributed by atoms with Crippen molar-refractivity contribution in [3.63, 3.8) is 0 Å². The number of aromatic nitrogens is 2. The SMILES string of the molecule is COc1ccc(C)cc1-c1cc(N2CCC(N)C2)n[nH]1. The summed E-state index contributed by atoms with van der Waals surface area (Å²) in [6.07, 6.45) is 1.02. The van der Waals surface area contributed by atoms with Crippen LogP contribution in [-0.4, -0.2) is 36.4 Å². The maximum absolute atomic E-state index is 5.95. The van der Waals surface area contributed by atoms with Crippen molar-refractivity contribution in [1.82, 2.24) is 10.2 Å². The van der Waals surface area contributed by atoms with E-state index in [1.54, 1.807) is 7.11 Å². The normalized spacial score (nSPS) is 18.6. The third-order valence-electron chi connectivity index (χ3n) is 3.76. The number of aryl methyl sites for hydroxylation is 1. The Hall–Kier alpha value is -2.01. The lowest BCUT2D eigenvalue weighted by Crippen LogP contribution is -2.26. The maximum atomic E-state index is 5.95. The molecule has 1 aliphatic heterocycles. The van der Waals surface area contributed by atoms with Gasteiger partial charge in [-0.1, -0.05) is 11.6 Å². The van der Waals surface area contributed by atoms with E-state index in [4.69, 9.17) is 10.5 Å². The monoisotopic (exact) mass is 272 g/mol. The van der Waals surface area contributed by atoms with E-state index >= 15 is 0 Å². The van der Waals surface area contributed by atoms with Crippen molar-refractivity contribution in [3.05, 3.63) is 29.8 Å². The standard InChI is InChI=1S/C15H20N4O/c1-10-3-4-14(20-2)12(7-10)13-8-15(18-17-13)19-6-5-11(16)9-19/h3-4,7-8,11H,5-6,9,16H2,1-2H3,(H,17,18). The van der Waals surface area contributed by atoms with Crippen LogP contribution in [0.15, 0.2) is 24.3 Å². The van der Waals surface area contributed by atoms with Crippen LogP contribution in [0.25, 0.3) is 11.3 Å². The molecule has 106 valence electrons. The number of ether oxygens (including phenoxy) is 1. The second kappa shape index (κ2) is 5.17. The van der Waals surface area contributed by atoms with Crippen LogP contribution < -0.4 is 15.4 Å². The molecule has 1 unspecified atom stereocenters. The van der Waals surface area contributed by atoms with Crippen LogP contribution in [0.5, 0.6) is 5.75 Å². The number of benzene rings is 1. The molecule has 0 amide bonds. The molecule has 0 saturated carbocycles. The predicted octanol–water partition coefficient (Wildman–Crippen LogP) is 1.93. The summed E-state index contributed by atoms with van der Waals surface area (Å²) in [6.45, 7) is 3.91. The number of methoxy groups -OCH3 is 1. The first-order chi connectivity index (χ1) is 9.67. The molecule has 1 atom stereocenters. The fraction of sp³-hybridized carbons (Fsp3) is 0.400. The molecule has 3 N–H and O–H groups in total. The molecular formula is C15H20N4O. The largest absolute Gasteiger partial charge is 0.496 e. The summed E-state index contributed by atoms with van der Waals surface area (Å²) in [4.78, 5) is 2.22. The highest BCUT2D eigenvalue weighted by molar-refractivity contribution is 5.70. The Labute approximate surface area is 118 Å². The molecule has 5 nitrogen and oxygen atoms in total. The summed E-state index contributed by atoms with van der Waals surface area (Å²) in [6, 6.07) is 8.45. The van der Waals surface area contributed by atoms with Gasteiger partial charge >= 0.3 is 0 Å². The van der Waals surface area contributed by atoms with E-state index in [1.807, 2.05) is 12.1 Å². The van der Waals surface area contributed by atoms with Crippen molar-refractivity contribution in [2.45, 2.75) is 19.4 Å². The zero-order chi connectivity index (χ0) is 14.1. The maximum Gasteiger partial charge on any atom is 0.151 e. The van der Waals surface area contributed by atoms with Crippen LogP contribution >= 0.6 is 0 Å². The van der Waals surface area contributed by atoms with Gasteiger partial charge in [0.25, 0.3) is 0 Å². The molecule has 2 heterocycles. The lowest BCUT2D eigenvalue weighted by molar-refractivity contribution is 0.416. The Kier molecular flexibility index (Phi) is 3.36. The first-order valence-electron chi connectivity index (χ1n) is 6.88. The number of hydrogen-bond donors (Lipinski definition) is 2. The van der Waals surface area contributed by atoms with Crippen LogP contribution in [-0.2, 0) is 0 Å². The summed E-state index contributed by atoms with van der Waals surface area (Å²) in [5.41, 5.74) is 9.15. The highest BCUT2D eigenvalue weighted by Crippen LogP contribution is 2.31. The predicted molar refractivity (Wildman–Crippen MR) is 80.1 cm³/mol. The number of nitrogens with zero attached hydrogens (tertiary/aromatic N) is 2. The third-order valence-corrected chi connectivity index (χ3v) is 3.76. The summed E-state index contributed by atoms with van der Waals surface area (Å²) < 4.78 is 5.43. The molecule has 1 aromatic carbocycles. The van der Waals surface area contributed by atoms with Crippen molar-refractivity contribution in [2.24, 2.45) is 5.73 Å². The summed E-state index contributed by atoms with van der Waals surface area (Å²) in [5, 5.41) is 7.51. The minimum Gasteiger partial charge on any atom is -0.496 e. The average molecular weight is 272 g/mol. The first-order valence-corrected chi connectivity index (χ1v) is 6.88. The van der Waals surface area contributed by atoms with Crippen molar-refractivity contribution in [3.8, 4) is 17.0 Å². The average Bonchev–Trinajstić information content (AvgIpc) is 3.07. The Morgan fingerprint density at radius 3 is 2.95 bits per heavy atom. The van der Waals surface area contributed by atoms with Gasteiger partial charge in [0.2, 0.25) is 0 Å². The second-order valence-electron chi connectivity index (χ2n) is 5.34. The highest BCUT2D eigenvalue weighted by atomic mass is 16.5. The molecule has 1 aromatic heterocycles. The summed E-state index contributed by atoms with van der Waals surface area (Å²) in [7, 11) is 1.69. The quantitative estimate of drug-likeness (QED) is 0.896. The molecule has 5 heteroatoms. The van der Waals surface area contributed by atoms with Gasteiger partial charge in [-0.3, -0.25) is 5.10 Å². The van der Waals surface area contributed by atoms with Gasteiger partial charge in [0.15, 0.2) is 5.82 Å². The Balaban J connectivity index is 1.92. The van der Waals surface area contributed by atoms with Gasteiger partial charge in [0.1, 0.15) is 5.75 Å². The zero-order valence-corrected chi connectivity index (χ0v) is 11.9. The van der Waals surface area contributed by atoms with Crippen LogP contribution in [0.2, 0.25) is 0 Å². The van der Waals surface area contributed by atoms with Crippen molar-refractivity contribution >= 4 is 5.82 Å². The minimum absolute atomic E-state index is 0.253. The van der Waals surface area contributed by atoms with Gasteiger partial charge < -0.3 is 15.4 Å². The topological polar surface area (TPSA) is 67.2 Å². The molecule has 3 rings (SSSR count). The molecule has 20 heavy (non-hydrogen) atoms. The lowest BCUT2D eigenvalue weighted by Gasteiger charge is -2.13. The lowest BCUT2D eigenvalue weighted by atomic mass is 10.1. The summed E-state index contributed by atoms with van der Waals surface area (Å²) >= 11 is 0. The zero-order valence-electron chi connectivity index (χ0n) is 11.9. The third kappa shape index (κ3) is 2.36. The molecule has 1 saturated heterocycles. The number of nitrogens with one attached hydrogen (secondary N) is 1. The fourth-order valence-electron chi connectivity index (χ4n) is 2.64. The number of anilines is 1. The van der Waals surface area contributed by atoms with E-state index < -0.39 is 0 Å². The van der Waals surface area contributed by atoms with Gasteiger partial charge in [0, 0.05) is 30.8 Å². The highest BCUT2D eigenvalue weighted by Gasteiger charge is 2.21. The molecule has 0 aliphatic carbocycles. The van der Waals surface area contributed by atoms with E-state index in [0.29, 0.717) is 0 Å². The first kappa shape index (κ1) is 13.0. The Bertz CT molecular complexity index is 608. The van der Waals surface area contributed by atoms with E-state index in [2.05, 4.69) is 34.2 Å². The van der Waals surface area contributed by atoms with Gasteiger partial charge in [-0.15, -0.1) is 0 Å². The van der Waals surface area contributed by atoms with Crippen molar-refractivity contribution in [1.29, 1.82) is 0 Å². The van der Waals surface area contributed by atoms with Gasteiger partial charge in [-0.2, -0.15) is 5.10 Å². The number of H-pyrrole nitrogens is 1. The molecule has 1 aliphatic rings. The number of hydrogen-bond acceptors (Lipinski definition) is 4. The van der Waals surface area contributed by atoms with Crippen molar-refractivity contribution in [2.75, 3.05) is 25.1 Å².